The fraction of sp³-hybridized carbons (Fsp3) is 0.667. The first-order chi connectivity index (χ1) is 10.3. The number of nitrogens with zero attached hydrogens (tertiary/aromatic N) is 4. The first kappa shape index (κ1) is 14.8. The Balaban J connectivity index is 1.80. The highest BCUT2D eigenvalue weighted by Gasteiger charge is 2.22. The number of thiazole rings is 1. The third kappa shape index (κ3) is 3.07. The van der Waals surface area contributed by atoms with E-state index in [1.54, 1.807) is 11.3 Å². The molecule has 2 aromatic rings. The zero-order valence-corrected chi connectivity index (χ0v) is 13.8. The summed E-state index contributed by atoms with van der Waals surface area (Å²) in [6.45, 7) is 12.0. The Morgan fingerprint density at radius 3 is 2.76 bits per heavy atom. The van der Waals surface area contributed by atoms with Crippen LogP contribution in [0.3, 0.4) is 0 Å². The maximum Gasteiger partial charge on any atom is 0.195 e. The number of hydrogen-bond donors (Lipinski definition) is 1. The second kappa shape index (κ2) is 6.77. The monoisotopic (exact) mass is 307 g/mol. The molecule has 2 aromatic heterocycles. The Labute approximate surface area is 130 Å². The Kier molecular flexibility index (Phi) is 4.77. The predicted octanol–water partition coefficient (Wildman–Crippen LogP) is 2.04. The summed E-state index contributed by atoms with van der Waals surface area (Å²) in [5.74, 6) is 1.18. The molecule has 0 aromatic carbocycles. The lowest BCUT2D eigenvalue weighted by atomic mass is 10.3. The molecular formula is C15H25N5S. The van der Waals surface area contributed by atoms with Gasteiger partial charge in [-0.3, -0.25) is 4.40 Å². The predicted molar refractivity (Wildman–Crippen MR) is 89.4 cm³/mol. The largest absolute Gasteiger partial charge is 0.352 e. The second-order valence-corrected chi connectivity index (χ2v) is 6.41. The van der Waals surface area contributed by atoms with Crippen LogP contribution in [-0.4, -0.2) is 53.6 Å². The Morgan fingerprint density at radius 1 is 1.24 bits per heavy atom. The van der Waals surface area contributed by atoms with Gasteiger partial charge in [-0.05, 0) is 19.5 Å². The van der Waals surface area contributed by atoms with E-state index in [-0.39, 0.29) is 0 Å². The third-order valence-corrected chi connectivity index (χ3v) is 4.93. The Bertz CT molecular complexity index is 568. The molecule has 21 heavy (non-hydrogen) atoms. The van der Waals surface area contributed by atoms with Gasteiger partial charge in [0.25, 0.3) is 0 Å². The SMILES string of the molecule is CCCNCc1c(N2CCN(CC)CC2)nc2sccn12. The molecule has 6 heteroatoms. The van der Waals surface area contributed by atoms with Gasteiger partial charge in [0.1, 0.15) is 0 Å². The summed E-state index contributed by atoms with van der Waals surface area (Å²) in [5, 5.41) is 5.64. The minimum absolute atomic E-state index is 0.898. The van der Waals surface area contributed by atoms with Gasteiger partial charge in [0.05, 0.1) is 5.69 Å². The second-order valence-electron chi connectivity index (χ2n) is 5.54. The number of anilines is 1. The van der Waals surface area contributed by atoms with Gasteiger partial charge in [0.15, 0.2) is 10.8 Å². The normalized spacial score (nSPS) is 17.0. The van der Waals surface area contributed by atoms with E-state index in [1.165, 1.54) is 11.5 Å². The fourth-order valence-corrected chi connectivity index (χ4v) is 3.63. The molecule has 1 aliphatic rings. The van der Waals surface area contributed by atoms with Gasteiger partial charge < -0.3 is 15.1 Å². The maximum absolute atomic E-state index is 4.87. The first-order valence-electron chi connectivity index (χ1n) is 7.96. The summed E-state index contributed by atoms with van der Waals surface area (Å²) in [4.78, 5) is 10.9. The summed E-state index contributed by atoms with van der Waals surface area (Å²) in [6, 6.07) is 0. The Hall–Kier alpha value is -1.11. The highest BCUT2D eigenvalue weighted by atomic mass is 32.1. The van der Waals surface area contributed by atoms with Crippen molar-refractivity contribution in [2.24, 2.45) is 0 Å². The number of nitrogens with one attached hydrogen (secondary N) is 1. The van der Waals surface area contributed by atoms with Crippen molar-refractivity contribution in [1.82, 2.24) is 19.6 Å². The quantitative estimate of drug-likeness (QED) is 0.829. The van der Waals surface area contributed by atoms with Crippen LogP contribution in [0.4, 0.5) is 5.82 Å². The lowest BCUT2D eigenvalue weighted by Crippen LogP contribution is -2.46. The molecule has 0 spiro atoms. The van der Waals surface area contributed by atoms with Gasteiger partial charge in [-0.1, -0.05) is 13.8 Å². The maximum atomic E-state index is 4.87. The van der Waals surface area contributed by atoms with Crippen molar-refractivity contribution in [3.63, 3.8) is 0 Å². The number of fused-ring (bicyclic) bond motifs is 1. The number of hydrogen-bond acceptors (Lipinski definition) is 5. The van der Waals surface area contributed by atoms with Crippen LogP contribution < -0.4 is 10.2 Å². The highest BCUT2D eigenvalue weighted by Crippen LogP contribution is 2.25. The van der Waals surface area contributed by atoms with E-state index in [0.717, 1.165) is 57.2 Å². The van der Waals surface area contributed by atoms with Crippen molar-refractivity contribution in [3.05, 3.63) is 17.3 Å². The van der Waals surface area contributed by atoms with Crippen LogP contribution in [0.5, 0.6) is 0 Å². The molecule has 5 nitrogen and oxygen atoms in total. The summed E-state index contributed by atoms with van der Waals surface area (Å²) < 4.78 is 2.24. The molecule has 0 amide bonds. The number of rotatable bonds is 6. The van der Waals surface area contributed by atoms with Crippen LogP contribution in [0.2, 0.25) is 0 Å². The highest BCUT2D eigenvalue weighted by molar-refractivity contribution is 7.15. The van der Waals surface area contributed by atoms with Crippen LogP contribution in [-0.2, 0) is 6.54 Å². The molecule has 1 aliphatic heterocycles. The topological polar surface area (TPSA) is 35.8 Å². The van der Waals surface area contributed by atoms with E-state index in [2.05, 4.69) is 44.9 Å². The van der Waals surface area contributed by atoms with Crippen LogP contribution in [0, 0.1) is 0 Å². The Morgan fingerprint density at radius 2 is 2.05 bits per heavy atom. The van der Waals surface area contributed by atoms with Crippen LogP contribution in [0.25, 0.3) is 4.96 Å². The van der Waals surface area contributed by atoms with Crippen molar-refractivity contribution in [2.75, 3.05) is 44.2 Å². The zero-order valence-electron chi connectivity index (χ0n) is 13.0. The average Bonchev–Trinajstić information content (AvgIpc) is 3.10. The van der Waals surface area contributed by atoms with Crippen molar-refractivity contribution >= 4 is 22.1 Å². The molecule has 1 saturated heterocycles. The fourth-order valence-electron chi connectivity index (χ4n) is 2.90. The molecule has 0 bridgehead atoms. The molecular weight excluding hydrogens is 282 g/mol. The molecule has 116 valence electrons. The summed E-state index contributed by atoms with van der Waals surface area (Å²) >= 11 is 1.72. The molecule has 0 atom stereocenters. The summed E-state index contributed by atoms with van der Waals surface area (Å²) in [6.07, 6.45) is 3.30. The van der Waals surface area contributed by atoms with E-state index >= 15 is 0 Å². The van der Waals surface area contributed by atoms with Gasteiger partial charge in [-0.25, -0.2) is 4.98 Å². The summed E-state index contributed by atoms with van der Waals surface area (Å²) in [5.41, 5.74) is 1.31. The van der Waals surface area contributed by atoms with Gasteiger partial charge >= 0.3 is 0 Å². The smallest absolute Gasteiger partial charge is 0.195 e. The van der Waals surface area contributed by atoms with Gasteiger partial charge in [0, 0.05) is 44.3 Å². The molecule has 0 aliphatic carbocycles. The molecule has 0 unspecified atom stereocenters. The number of aromatic nitrogens is 2. The van der Waals surface area contributed by atoms with E-state index in [9.17, 15) is 0 Å². The third-order valence-electron chi connectivity index (χ3n) is 4.18. The molecule has 1 fully saturated rings. The van der Waals surface area contributed by atoms with E-state index in [4.69, 9.17) is 4.98 Å². The van der Waals surface area contributed by atoms with Crippen molar-refractivity contribution in [2.45, 2.75) is 26.8 Å². The van der Waals surface area contributed by atoms with Crippen LogP contribution in [0.1, 0.15) is 26.0 Å². The number of piperazine rings is 1. The van der Waals surface area contributed by atoms with Crippen molar-refractivity contribution < 1.29 is 0 Å². The lowest BCUT2D eigenvalue weighted by molar-refractivity contribution is 0.270. The molecule has 3 rings (SSSR count). The average molecular weight is 307 g/mol. The minimum atomic E-state index is 0.898. The lowest BCUT2D eigenvalue weighted by Gasteiger charge is -2.34. The molecule has 0 radical (unpaired) electrons. The van der Waals surface area contributed by atoms with Gasteiger partial charge in [-0.15, -0.1) is 11.3 Å². The first-order valence-corrected chi connectivity index (χ1v) is 8.84. The van der Waals surface area contributed by atoms with E-state index < -0.39 is 0 Å². The molecule has 3 heterocycles. The number of likely N-dealkylation sites (N-methyl/N-ethyl adjacent to an activating group) is 1. The number of imidazole rings is 1. The van der Waals surface area contributed by atoms with Crippen molar-refractivity contribution in [3.8, 4) is 0 Å². The van der Waals surface area contributed by atoms with E-state index in [0.29, 0.717) is 0 Å². The van der Waals surface area contributed by atoms with Crippen LogP contribution >= 0.6 is 11.3 Å². The van der Waals surface area contributed by atoms with E-state index in [1.807, 2.05) is 0 Å². The van der Waals surface area contributed by atoms with Gasteiger partial charge in [0.2, 0.25) is 0 Å². The minimum Gasteiger partial charge on any atom is -0.352 e. The summed E-state index contributed by atoms with van der Waals surface area (Å²) in [7, 11) is 0. The molecule has 0 saturated carbocycles. The van der Waals surface area contributed by atoms with Gasteiger partial charge in [-0.2, -0.15) is 0 Å². The van der Waals surface area contributed by atoms with Crippen molar-refractivity contribution in [1.29, 1.82) is 0 Å². The molecule has 1 N–H and O–H groups in total. The van der Waals surface area contributed by atoms with Crippen LogP contribution in [0.15, 0.2) is 11.6 Å². The standard InChI is InChI=1S/C15H25N5S/c1-3-5-16-12-13-14(17-15-20(13)10-11-21-15)19-8-6-18(4-2)7-9-19/h10-11,16H,3-9,12H2,1-2H3. The zero-order chi connectivity index (χ0) is 14.7.